The van der Waals surface area contributed by atoms with Crippen molar-refractivity contribution in [2.75, 3.05) is 26.4 Å². The van der Waals surface area contributed by atoms with Gasteiger partial charge in [0.15, 0.2) is 12.6 Å². The van der Waals surface area contributed by atoms with Gasteiger partial charge in [-0.15, -0.1) is 13.2 Å². The minimum absolute atomic E-state index is 0.194. The minimum atomic E-state index is -4.70. The van der Waals surface area contributed by atoms with Gasteiger partial charge in [0, 0.05) is 17.4 Å². The second-order valence-corrected chi connectivity index (χ2v) is 6.94. The first-order chi connectivity index (χ1) is 13.4. The van der Waals surface area contributed by atoms with Crippen LogP contribution in [-0.4, -0.2) is 39.1 Å². The van der Waals surface area contributed by atoms with Crippen molar-refractivity contribution in [1.82, 2.24) is 0 Å². The summed E-state index contributed by atoms with van der Waals surface area (Å²) >= 11 is 0. The van der Waals surface area contributed by atoms with Gasteiger partial charge in [0.05, 0.1) is 26.4 Å². The van der Waals surface area contributed by atoms with Crippen LogP contribution in [0.25, 0.3) is 0 Å². The summed E-state index contributed by atoms with van der Waals surface area (Å²) in [5.41, 5.74) is 0.655. The molecule has 156 valence electrons. The zero-order valence-corrected chi connectivity index (χ0v) is 15.7. The van der Waals surface area contributed by atoms with E-state index in [9.17, 15) is 13.2 Å². The number of hydrogen-bond donors (Lipinski definition) is 0. The zero-order chi connectivity index (χ0) is 20.0. The third kappa shape index (κ3) is 6.48. The lowest BCUT2D eigenvalue weighted by molar-refractivity contribution is -0.274. The highest BCUT2D eigenvalue weighted by Gasteiger charge is 2.31. The van der Waals surface area contributed by atoms with Crippen molar-refractivity contribution in [2.24, 2.45) is 11.8 Å². The van der Waals surface area contributed by atoms with E-state index in [-0.39, 0.29) is 18.0 Å². The van der Waals surface area contributed by atoms with Crippen LogP contribution in [0.1, 0.15) is 31.6 Å². The van der Waals surface area contributed by atoms with Crippen LogP contribution in [0, 0.1) is 11.8 Å². The Labute approximate surface area is 162 Å². The summed E-state index contributed by atoms with van der Waals surface area (Å²) in [5.74, 6) is 0.273. The van der Waals surface area contributed by atoms with Gasteiger partial charge in [-0.05, 0) is 31.9 Å². The smallest absolute Gasteiger partial charge is 0.406 e. The molecule has 0 atom stereocenters. The highest BCUT2D eigenvalue weighted by Crippen LogP contribution is 2.30. The molecule has 2 fully saturated rings. The van der Waals surface area contributed by atoms with E-state index in [2.05, 4.69) is 10.8 Å². The molecule has 0 N–H and O–H groups in total. The number of hydrogen-bond acceptors (Lipinski definition) is 5. The lowest BCUT2D eigenvalue weighted by atomic mass is 10.0. The molecular weight excluding hydrogens is 377 g/mol. The molecule has 8 heteroatoms. The molecule has 0 radical (unpaired) electrons. The molecule has 0 aliphatic carbocycles. The second kappa shape index (κ2) is 9.73. The molecule has 0 aromatic heterocycles. The molecule has 1 aromatic carbocycles. The maximum absolute atomic E-state index is 12.2. The summed E-state index contributed by atoms with van der Waals surface area (Å²) in [4.78, 5) is 0. The van der Waals surface area contributed by atoms with Gasteiger partial charge < -0.3 is 23.7 Å². The molecule has 2 saturated heterocycles. The van der Waals surface area contributed by atoms with Crippen LogP contribution < -0.4 is 4.74 Å². The Morgan fingerprint density at radius 3 is 2.18 bits per heavy atom. The predicted molar refractivity (Wildman–Crippen MR) is 94.5 cm³/mol. The van der Waals surface area contributed by atoms with E-state index in [1.807, 2.05) is 13.0 Å². The number of ether oxygens (including phenoxy) is 5. The summed E-state index contributed by atoms with van der Waals surface area (Å²) in [6.45, 7) is 4.34. The van der Waals surface area contributed by atoms with E-state index in [1.165, 1.54) is 24.3 Å². The third-order valence-electron chi connectivity index (χ3n) is 4.62. The molecule has 0 amide bonds. The number of benzene rings is 1. The van der Waals surface area contributed by atoms with Crippen molar-refractivity contribution in [1.29, 1.82) is 0 Å². The molecule has 28 heavy (non-hydrogen) atoms. The summed E-state index contributed by atoms with van der Waals surface area (Å²) in [6, 6.07) is 5.52. The molecule has 0 spiro atoms. The van der Waals surface area contributed by atoms with E-state index in [4.69, 9.17) is 18.9 Å². The van der Waals surface area contributed by atoms with Crippen molar-refractivity contribution in [2.45, 2.75) is 38.7 Å². The average Bonchev–Trinajstić information content (AvgIpc) is 2.68. The lowest BCUT2D eigenvalue weighted by Gasteiger charge is -2.32. The number of alkyl halides is 3. The summed E-state index contributed by atoms with van der Waals surface area (Å²) in [5, 5.41) is 0. The number of halogens is 3. The Bertz CT molecular complexity index is 616. The van der Waals surface area contributed by atoms with E-state index >= 15 is 0 Å². The molecule has 0 unspecified atom stereocenters. The average molecular weight is 402 g/mol. The number of rotatable bonds is 6. The van der Waals surface area contributed by atoms with Gasteiger partial charge >= 0.3 is 6.36 Å². The first kappa shape index (κ1) is 21.1. The van der Waals surface area contributed by atoms with Crippen LogP contribution in [0.2, 0.25) is 0 Å². The molecule has 0 bridgehead atoms. The number of allylic oxidation sites excluding steroid dienone is 1. The van der Waals surface area contributed by atoms with Gasteiger partial charge in [-0.1, -0.05) is 24.3 Å². The van der Waals surface area contributed by atoms with E-state index in [0.29, 0.717) is 37.9 Å². The van der Waals surface area contributed by atoms with Crippen LogP contribution >= 0.6 is 0 Å². The van der Waals surface area contributed by atoms with Gasteiger partial charge in [-0.25, -0.2) is 0 Å². The highest BCUT2D eigenvalue weighted by atomic mass is 19.4. The minimum Gasteiger partial charge on any atom is -0.406 e. The fourth-order valence-electron chi connectivity index (χ4n) is 3.21. The van der Waals surface area contributed by atoms with Crippen molar-refractivity contribution in [3.05, 3.63) is 42.0 Å². The normalized spacial score (nSPS) is 29.1. The monoisotopic (exact) mass is 402 g/mol. The molecule has 0 saturated carbocycles. The Hall–Kier alpha value is -1.61. The summed E-state index contributed by atoms with van der Waals surface area (Å²) in [6.07, 6.45) is 0.229. The Morgan fingerprint density at radius 2 is 1.61 bits per heavy atom. The van der Waals surface area contributed by atoms with E-state index < -0.39 is 12.7 Å². The summed E-state index contributed by atoms with van der Waals surface area (Å²) in [7, 11) is 0. The van der Waals surface area contributed by atoms with Crippen molar-refractivity contribution < 1.29 is 36.9 Å². The molecular formula is C20H25F3O5. The van der Waals surface area contributed by atoms with Crippen molar-refractivity contribution in [3.8, 4) is 5.75 Å². The maximum atomic E-state index is 12.2. The van der Waals surface area contributed by atoms with E-state index in [0.717, 1.165) is 12.8 Å². The van der Waals surface area contributed by atoms with Gasteiger partial charge in [-0.3, -0.25) is 0 Å². The van der Waals surface area contributed by atoms with Gasteiger partial charge in [-0.2, -0.15) is 0 Å². The van der Waals surface area contributed by atoms with Gasteiger partial charge in [0.25, 0.3) is 0 Å². The van der Waals surface area contributed by atoms with Gasteiger partial charge in [0.2, 0.25) is 0 Å². The predicted octanol–water partition coefficient (Wildman–Crippen LogP) is 4.59. The Balaban J connectivity index is 1.38. The largest absolute Gasteiger partial charge is 0.573 e. The molecule has 2 aliphatic heterocycles. The van der Waals surface area contributed by atoms with Crippen LogP contribution in [0.3, 0.4) is 0 Å². The SMILES string of the molecule is C/C=C\[C@H]1CO[C@H](CCC2COC(c3ccc(OC(F)(F)F)cc3)OC2)OC1. The van der Waals surface area contributed by atoms with Crippen LogP contribution in [0.4, 0.5) is 13.2 Å². The third-order valence-corrected chi connectivity index (χ3v) is 4.62. The van der Waals surface area contributed by atoms with Gasteiger partial charge in [0.1, 0.15) is 5.75 Å². The Kier molecular flexibility index (Phi) is 7.34. The second-order valence-electron chi connectivity index (χ2n) is 6.94. The first-order valence-electron chi connectivity index (χ1n) is 9.38. The van der Waals surface area contributed by atoms with E-state index in [1.54, 1.807) is 0 Å². The fourth-order valence-corrected chi connectivity index (χ4v) is 3.21. The van der Waals surface area contributed by atoms with Crippen molar-refractivity contribution >= 4 is 0 Å². The maximum Gasteiger partial charge on any atom is 0.573 e. The van der Waals surface area contributed by atoms with Crippen LogP contribution in [0.15, 0.2) is 36.4 Å². The molecule has 2 heterocycles. The lowest BCUT2D eigenvalue weighted by Crippen LogP contribution is -2.33. The quantitative estimate of drug-likeness (QED) is 0.652. The molecule has 5 nitrogen and oxygen atoms in total. The van der Waals surface area contributed by atoms with Crippen LogP contribution in [0.5, 0.6) is 5.75 Å². The molecule has 3 rings (SSSR count). The zero-order valence-electron chi connectivity index (χ0n) is 15.7. The first-order valence-corrected chi connectivity index (χ1v) is 9.38. The topological polar surface area (TPSA) is 46.2 Å². The van der Waals surface area contributed by atoms with Crippen LogP contribution in [-0.2, 0) is 18.9 Å². The summed E-state index contributed by atoms with van der Waals surface area (Å²) < 4.78 is 63.4. The molecule has 2 aliphatic rings. The molecule has 1 aromatic rings. The Morgan fingerprint density at radius 1 is 0.964 bits per heavy atom. The highest BCUT2D eigenvalue weighted by molar-refractivity contribution is 5.28. The fraction of sp³-hybridized carbons (Fsp3) is 0.600. The van der Waals surface area contributed by atoms with Crippen molar-refractivity contribution in [3.63, 3.8) is 0 Å². The standard InChI is InChI=1S/C20H25F3O5/c1-2-3-14-10-24-18(25-11-14)9-4-15-12-26-19(27-13-15)16-5-7-17(8-6-16)28-20(21,22)23/h2-3,5-8,14-15,18-19H,4,9-13H2,1H3/b3-2-/t14-,15?,18-,19?.